The van der Waals surface area contributed by atoms with Crippen molar-refractivity contribution < 1.29 is 22.0 Å². The first kappa shape index (κ1) is 16.1. The van der Waals surface area contributed by atoms with Gasteiger partial charge >= 0.3 is 6.18 Å². The standard InChI is InChI=1S/C14H10F5N5/c15-9-2-1-8(10(16)7-9)5-6-20-11-3-4-12-21-22-13(14(17,18)19)24(12)23-11/h1-4,7H,5-6H2,(H,20,23). The maximum atomic E-state index is 13.5. The molecule has 2 aromatic heterocycles. The van der Waals surface area contributed by atoms with E-state index in [1.807, 2.05) is 0 Å². The van der Waals surface area contributed by atoms with Crippen molar-refractivity contribution in [2.24, 2.45) is 0 Å². The topological polar surface area (TPSA) is 55.1 Å². The number of benzene rings is 1. The lowest BCUT2D eigenvalue weighted by Crippen LogP contribution is -2.14. The van der Waals surface area contributed by atoms with E-state index in [0.29, 0.717) is 4.52 Å². The molecule has 0 aliphatic heterocycles. The first-order chi connectivity index (χ1) is 11.3. The Morgan fingerprint density at radius 1 is 1.04 bits per heavy atom. The van der Waals surface area contributed by atoms with Gasteiger partial charge in [0.1, 0.15) is 17.5 Å². The molecular formula is C14H10F5N5. The summed E-state index contributed by atoms with van der Waals surface area (Å²) >= 11 is 0. The van der Waals surface area contributed by atoms with Crippen LogP contribution in [0.3, 0.4) is 0 Å². The molecule has 1 aromatic carbocycles. The van der Waals surface area contributed by atoms with Crippen molar-refractivity contribution in [3.05, 3.63) is 53.4 Å². The van der Waals surface area contributed by atoms with E-state index >= 15 is 0 Å². The van der Waals surface area contributed by atoms with Crippen LogP contribution in [0.2, 0.25) is 0 Å². The Morgan fingerprint density at radius 3 is 2.54 bits per heavy atom. The van der Waals surface area contributed by atoms with E-state index < -0.39 is 23.6 Å². The highest BCUT2D eigenvalue weighted by atomic mass is 19.4. The Bertz CT molecular complexity index is 874. The molecule has 0 amide bonds. The van der Waals surface area contributed by atoms with Gasteiger partial charge in [-0.2, -0.15) is 17.7 Å². The van der Waals surface area contributed by atoms with Crippen LogP contribution in [0.5, 0.6) is 0 Å². The van der Waals surface area contributed by atoms with Gasteiger partial charge in [-0.05, 0) is 30.2 Å². The van der Waals surface area contributed by atoms with E-state index in [1.165, 1.54) is 18.2 Å². The zero-order chi connectivity index (χ0) is 17.3. The van der Waals surface area contributed by atoms with Crippen LogP contribution >= 0.6 is 0 Å². The van der Waals surface area contributed by atoms with Gasteiger partial charge in [-0.25, -0.2) is 8.78 Å². The maximum Gasteiger partial charge on any atom is 0.453 e. The van der Waals surface area contributed by atoms with E-state index in [0.717, 1.165) is 12.1 Å². The summed E-state index contributed by atoms with van der Waals surface area (Å²) in [7, 11) is 0. The Labute approximate surface area is 132 Å². The van der Waals surface area contributed by atoms with Gasteiger partial charge in [-0.1, -0.05) is 6.07 Å². The average molecular weight is 343 g/mol. The summed E-state index contributed by atoms with van der Waals surface area (Å²) in [5.74, 6) is -2.44. The zero-order valence-corrected chi connectivity index (χ0v) is 12.0. The summed E-state index contributed by atoms with van der Waals surface area (Å²) < 4.78 is 65.2. The predicted octanol–water partition coefficient (Wildman–Crippen LogP) is 3.08. The molecule has 24 heavy (non-hydrogen) atoms. The van der Waals surface area contributed by atoms with E-state index in [1.54, 1.807) is 0 Å². The van der Waals surface area contributed by atoms with Crippen molar-refractivity contribution >= 4 is 11.5 Å². The summed E-state index contributed by atoms with van der Waals surface area (Å²) in [6.45, 7) is 0.199. The highest BCUT2D eigenvalue weighted by Crippen LogP contribution is 2.27. The number of hydrogen-bond acceptors (Lipinski definition) is 4. The zero-order valence-electron chi connectivity index (χ0n) is 12.0. The lowest BCUT2D eigenvalue weighted by Gasteiger charge is -2.08. The van der Waals surface area contributed by atoms with Gasteiger partial charge in [0.25, 0.3) is 5.82 Å². The molecule has 0 spiro atoms. The van der Waals surface area contributed by atoms with Gasteiger partial charge in [0.2, 0.25) is 0 Å². The van der Waals surface area contributed by atoms with Crippen molar-refractivity contribution in [2.45, 2.75) is 12.6 Å². The number of aromatic nitrogens is 4. The smallest absolute Gasteiger partial charge is 0.368 e. The first-order valence-corrected chi connectivity index (χ1v) is 6.82. The molecule has 10 heteroatoms. The van der Waals surface area contributed by atoms with E-state index in [2.05, 4.69) is 20.6 Å². The number of alkyl halides is 3. The minimum Gasteiger partial charge on any atom is -0.368 e. The highest BCUT2D eigenvalue weighted by molar-refractivity contribution is 5.44. The summed E-state index contributed by atoms with van der Waals surface area (Å²) in [6.07, 6.45) is -4.47. The third-order valence-corrected chi connectivity index (χ3v) is 3.23. The molecule has 1 N–H and O–H groups in total. The fourth-order valence-electron chi connectivity index (χ4n) is 2.11. The molecule has 0 unspecified atom stereocenters. The van der Waals surface area contributed by atoms with Crippen LogP contribution in [-0.2, 0) is 12.6 Å². The van der Waals surface area contributed by atoms with Crippen molar-refractivity contribution in [3.8, 4) is 0 Å². The Kier molecular flexibility index (Phi) is 4.04. The lowest BCUT2D eigenvalue weighted by molar-refractivity contribution is -0.146. The normalized spacial score (nSPS) is 11.9. The van der Waals surface area contributed by atoms with Crippen molar-refractivity contribution in [3.63, 3.8) is 0 Å². The minimum absolute atomic E-state index is 0.0440. The first-order valence-electron chi connectivity index (χ1n) is 6.82. The average Bonchev–Trinajstić information content (AvgIpc) is 2.92. The largest absolute Gasteiger partial charge is 0.453 e. The highest BCUT2D eigenvalue weighted by Gasteiger charge is 2.37. The van der Waals surface area contributed by atoms with Crippen molar-refractivity contribution in [1.29, 1.82) is 0 Å². The fourth-order valence-corrected chi connectivity index (χ4v) is 2.11. The maximum absolute atomic E-state index is 13.5. The Hall–Kier alpha value is -2.78. The van der Waals surface area contributed by atoms with Gasteiger partial charge in [0, 0.05) is 12.6 Å². The number of nitrogens with zero attached hydrogens (tertiary/aromatic N) is 4. The van der Waals surface area contributed by atoms with Gasteiger partial charge in [0.15, 0.2) is 5.65 Å². The molecule has 0 atom stereocenters. The Morgan fingerprint density at radius 2 is 1.83 bits per heavy atom. The molecule has 0 bridgehead atoms. The summed E-state index contributed by atoms with van der Waals surface area (Å²) in [5, 5.41) is 13.0. The fraction of sp³-hybridized carbons (Fsp3) is 0.214. The second-order valence-corrected chi connectivity index (χ2v) is 4.92. The molecule has 0 fully saturated rings. The summed E-state index contributed by atoms with van der Waals surface area (Å²) in [5.41, 5.74) is 0.239. The molecule has 0 saturated heterocycles. The van der Waals surface area contributed by atoms with Crippen LogP contribution in [0, 0.1) is 11.6 Å². The third kappa shape index (κ3) is 3.26. The number of rotatable bonds is 4. The van der Waals surface area contributed by atoms with Crippen LogP contribution in [0.4, 0.5) is 27.8 Å². The van der Waals surface area contributed by atoms with E-state index in [9.17, 15) is 22.0 Å². The molecule has 0 aliphatic rings. The van der Waals surface area contributed by atoms with Gasteiger partial charge in [-0.3, -0.25) is 0 Å². The molecule has 2 heterocycles. The SMILES string of the molecule is Fc1ccc(CCNc2ccc3nnc(C(F)(F)F)n3n2)c(F)c1. The molecule has 0 saturated carbocycles. The molecule has 3 rings (SSSR count). The molecule has 0 radical (unpaired) electrons. The number of halogens is 5. The number of nitrogens with one attached hydrogen (secondary N) is 1. The minimum atomic E-state index is -4.68. The number of anilines is 1. The molecule has 3 aromatic rings. The molecule has 5 nitrogen and oxygen atoms in total. The summed E-state index contributed by atoms with van der Waals surface area (Å²) in [6, 6.07) is 5.98. The van der Waals surface area contributed by atoms with Crippen molar-refractivity contribution in [1.82, 2.24) is 19.8 Å². The number of hydrogen-bond donors (Lipinski definition) is 1. The van der Waals surface area contributed by atoms with Gasteiger partial charge in [-0.15, -0.1) is 15.3 Å². The predicted molar refractivity (Wildman–Crippen MR) is 74.3 cm³/mol. The third-order valence-electron chi connectivity index (χ3n) is 3.23. The van der Waals surface area contributed by atoms with Crippen LogP contribution in [-0.4, -0.2) is 26.4 Å². The molecule has 126 valence electrons. The monoisotopic (exact) mass is 343 g/mol. The van der Waals surface area contributed by atoms with Gasteiger partial charge in [0.05, 0.1) is 0 Å². The van der Waals surface area contributed by atoms with E-state index in [-0.39, 0.29) is 30.0 Å². The molecule has 0 aliphatic carbocycles. The number of fused-ring (bicyclic) bond motifs is 1. The second kappa shape index (κ2) is 6.02. The Balaban J connectivity index is 1.73. The van der Waals surface area contributed by atoms with Crippen LogP contribution < -0.4 is 5.32 Å². The van der Waals surface area contributed by atoms with Crippen molar-refractivity contribution in [2.75, 3.05) is 11.9 Å². The van der Waals surface area contributed by atoms with Crippen LogP contribution in [0.25, 0.3) is 5.65 Å². The summed E-state index contributed by atoms with van der Waals surface area (Å²) in [4.78, 5) is 0. The quantitative estimate of drug-likeness (QED) is 0.740. The second-order valence-electron chi connectivity index (χ2n) is 4.92. The van der Waals surface area contributed by atoms with Crippen LogP contribution in [0.1, 0.15) is 11.4 Å². The molecular weight excluding hydrogens is 333 g/mol. The lowest BCUT2D eigenvalue weighted by atomic mass is 10.1. The van der Waals surface area contributed by atoms with Crippen LogP contribution in [0.15, 0.2) is 30.3 Å². The van der Waals surface area contributed by atoms with Gasteiger partial charge < -0.3 is 5.32 Å². The van der Waals surface area contributed by atoms with E-state index in [4.69, 9.17) is 0 Å².